The number of carbonyl (C=O) groups excluding carboxylic acids is 1. The first-order valence-electron chi connectivity index (χ1n) is 9.57. The van der Waals surface area contributed by atoms with E-state index in [-0.39, 0.29) is 11.8 Å². The Bertz CT molecular complexity index is 760. The first-order valence-corrected chi connectivity index (χ1v) is 10.0. The highest BCUT2D eigenvalue weighted by atomic mass is 35.5. The number of halogens is 2. The Morgan fingerprint density at radius 2 is 1.93 bits per heavy atom. The van der Waals surface area contributed by atoms with E-state index in [4.69, 9.17) is 11.6 Å². The number of rotatable bonds is 7. The van der Waals surface area contributed by atoms with Crippen LogP contribution in [-0.4, -0.2) is 35.2 Å². The monoisotopic (exact) mass is 388 g/mol. The molecule has 1 heterocycles. The van der Waals surface area contributed by atoms with Crippen LogP contribution >= 0.6 is 11.6 Å². The molecular weight excluding hydrogens is 363 g/mol. The number of benzene rings is 2. The molecule has 1 saturated heterocycles. The summed E-state index contributed by atoms with van der Waals surface area (Å²) in [7, 11) is 0. The zero-order valence-electron chi connectivity index (χ0n) is 15.6. The number of hydrogen-bond donors (Lipinski definition) is 1. The lowest BCUT2D eigenvalue weighted by Crippen LogP contribution is -2.39. The van der Waals surface area contributed by atoms with Crippen molar-refractivity contribution in [2.45, 2.75) is 44.1 Å². The van der Waals surface area contributed by atoms with E-state index < -0.39 is 11.2 Å². The Morgan fingerprint density at radius 1 is 1.22 bits per heavy atom. The van der Waals surface area contributed by atoms with Crippen molar-refractivity contribution in [1.82, 2.24) is 4.90 Å². The summed E-state index contributed by atoms with van der Waals surface area (Å²) in [6, 6.07) is 15.1. The number of nitrogens with one attached hydrogen (secondary N) is 1. The van der Waals surface area contributed by atoms with Gasteiger partial charge in [-0.1, -0.05) is 37.3 Å². The Morgan fingerprint density at radius 3 is 2.59 bits per heavy atom. The molecule has 3 rings (SSSR count). The number of likely N-dealkylation sites (tertiary alicyclic amines) is 1. The van der Waals surface area contributed by atoms with Crippen molar-refractivity contribution in [3.05, 3.63) is 65.5 Å². The Balaban J connectivity index is 1.61. The van der Waals surface area contributed by atoms with Crippen LogP contribution in [0.5, 0.6) is 0 Å². The zero-order chi connectivity index (χ0) is 19.2. The van der Waals surface area contributed by atoms with Crippen LogP contribution < -0.4 is 5.32 Å². The molecule has 1 N–H and O–H groups in total. The molecule has 144 valence electrons. The Labute approximate surface area is 165 Å². The summed E-state index contributed by atoms with van der Waals surface area (Å²) in [6.07, 6.45) is 2.49. The van der Waals surface area contributed by atoms with Crippen LogP contribution in [0, 0.1) is 5.82 Å². The van der Waals surface area contributed by atoms with E-state index in [2.05, 4.69) is 34.5 Å². The molecule has 0 bridgehead atoms. The van der Waals surface area contributed by atoms with Crippen molar-refractivity contribution in [2.75, 3.05) is 18.4 Å². The van der Waals surface area contributed by atoms with Gasteiger partial charge in [-0.15, -0.1) is 11.6 Å². The maximum absolute atomic E-state index is 13.7. The third-order valence-electron chi connectivity index (χ3n) is 5.09. The molecule has 1 atom stereocenters. The predicted octanol–water partition coefficient (Wildman–Crippen LogP) is 5.10. The summed E-state index contributed by atoms with van der Waals surface area (Å²) < 4.78 is 13.7. The average Bonchev–Trinajstić information content (AvgIpc) is 2.70. The lowest BCUT2D eigenvalue weighted by Gasteiger charge is -2.33. The van der Waals surface area contributed by atoms with Gasteiger partial charge in [0.05, 0.1) is 5.38 Å². The molecule has 1 aliphatic rings. The van der Waals surface area contributed by atoms with E-state index in [1.807, 2.05) is 13.0 Å². The molecule has 2 aromatic carbocycles. The van der Waals surface area contributed by atoms with Crippen LogP contribution in [0.4, 0.5) is 10.1 Å². The van der Waals surface area contributed by atoms with Gasteiger partial charge in [-0.3, -0.25) is 9.69 Å². The van der Waals surface area contributed by atoms with E-state index in [9.17, 15) is 9.18 Å². The number of anilines is 1. The molecule has 27 heavy (non-hydrogen) atoms. The first-order chi connectivity index (χ1) is 13.1. The van der Waals surface area contributed by atoms with Gasteiger partial charge in [0.2, 0.25) is 0 Å². The van der Waals surface area contributed by atoms with Crippen molar-refractivity contribution >= 4 is 23.1 Å². The number of nitrogens with zero attached hydrogens (tertiary/aromatic N) is 1. The predicted molar refractivity (Wildman–Crippen MR) is 109 cm³/mol. The van der Waals surface area contributed by atoms with Gasteiger partial charge in [0.15, 0.2) is 5.78 Å². The Kier molecular flexibility index (Phi) is 6.86. The highest BCUT2D eigenvalue weighted by Gasteiger charge is 2.23. The fourth-order valence-corrected chi connectivity index (χ4v) is 3.61. The largest absolute Gasteiger partial charge is 0.382 e. The molecule has 1 fully saturated rings. The molecule has 5 heteroatoms. The van der Waals surface area contributed by atoms with Gasteiger partial charge in [0.25, 0.3) is 0 Å². The number of Topliss-reactive ketones (excluding diaryl/α,β-unsaturated/α-hetero) is 1. The first kappa shape index (κ1) is 19.8. The molecule has 1 unspecified atom stereocenters. The second kappa shape index (κ2) is 9.34. The molecule has 2 aromatic rings. The van der Waals surface area contributed by atoms with Crippen LogP contribution in [0.15, 0.2) is 48.5 Å². The highest BCUT2D eigenvalue weighted by molar-refractivity contribution is 6.34. The number of carbonyl (C=O) groups is 1. The summed E-state index contributed by atoms with van der Waals surface area (Å²) >= 11 is 6.11. The normalized spacial score (nSPS) is 16.9. The van der Waals surface area contributed by atoms with Gasteiger partial charge in [-0.2, -0.15) is 0 Å². The van der Waals surface area contributed by atoms with Gasteiger partial charge in [0, 0.05) is 36.9 Å². The van der Waals surface area contributed by atoms with Crippen LogP contribution in [0.2, 0.25) is 0 Å². The smallest absolute Gasteiger partial charge is 0.182 e. The summed E-state index contributed by atoms with van der Waals surface area (Å²) in [5.41, 5.74) is 2.36. The maximum Gasteiger partial charge on any atom is 0.182 e. The molecule has 0 aliphatic carbocycles. The lowest BCUT2D eigenvalue weighted by molar-refractivity contribution is 0.0986. The maximum atomic E-state index is 13.7. The van der Waals surface area contributed by atoms with Crippen LogP contribution in [0.3, 0.4) is 0 Å². The average molecular weight is 389 g/mol. The topological polar surface area (TPSA) is 32.3 Å². The molecular formula is C22H26ClFN2O. The van der Waals surface area contributed by atoms with Gasteiger partial charge in [-0.05, 0) is 43.0 Å². The van der Waals surface area contributed by atoms with Crippen molar-refractivity contribution in [3.8, 4) is 0 Å². The fraction of sp³-hybridized carbons (Fsp3) is 0.409. The molecule has 0 aromatic heterocycles. The number of piperidine rings is 1. The standard InChI is InChI=1S/C22H26ClFN2O/c1-2-20(23)22(27)19-14-17(24)8-9-21(19)25-18-10-12-26(13-11-18)15-16-6-4-3-5-7-16/h3-9,14,18,20,25H,2,10-13,15H2,1H3. The molecule has 0 radical (unpaired) electrons. The quantitative estimate of drug-likeness (QED) is 0.529. The number of hydrogen-bond acceptors (Lipinski definition) is 3. The highest BCUT2D eigenvalue weighted by Crippen LogP contribution is 2.25. The van der Waals surface area contributed by atoms with Gasteiger partial charge < -0.3 is 5.32 Å². The minimum absolute atomic E-state index is 0.220. The summed E-state index contributed by atoms with van der Waals surface area (Å²) in [6.45, 7) is 4.79. The van der Waals surface area contributed by atoms with Gasteiger partial charge in [-0.25, -0.2) is 4.39 Å². The van der Waals surface area contributed by atoms with Gasteiger partial charge >= 0.3 is 0 Å². The summed E-state index contributed by atoms with van der Waals surface area (Å²) in [5.74, 6) is -0.635. The molecule has 0 spiro atoms. The van der Waals surface area contributed by atoms with E-state index in [1.54, 1.807) is 6.07 Å². The minimum atomic E-state index is -0.625. The lowest BCUT2D eigenvalue weighted by atomic mass is 10.0. The van der Waals surface area contributed by atoms with Crippen molar-refractivity contribution < 1.29 is 9.18 Å². The number of alkyl halides is 1. The third kappa shape index (κ3) is 5.30. The number of ketones is 1. The fourth-order valence-electron chi connectivity index (χ4n) is 3.50. The van der Waals surface area contributed by atoms with Crippen LogP contribution in [-0.2, 0) is 6.54 Å². The van der Waals surface area contributed by atoms with Crippen LogP contribution in [0.1, 0.15) is 42.1 Å². The van der Waals surface area contributed by atoms with Crippen molar-refractivity contribution in [2.24, 2.45) is 0 Å². The molecule has 0 saturated carbocycles. The molecule has 1 aliphatic heterocycles. The Hall–Kier alpha value is -1.91. The zero-order valence-corrected chi connectivity index (χ0v) is 16.4. The summed E-state index contributed by atoms with van der Waals surface area (Å²) in [5, 5.41) is 2.82. The summed E-state index contributed by atoms with van der Waals surface area (Å²) in [4.78, 5) is 14.9. The van der Waals surface area contributed by atoms with E-state index >= 15 is 0 Å². The van der Waals surface area contributed by atoms with Crippen molar-refractivity contribution in [3.63, 3.8) is 0 Å². The second-order valence-corrected chi connectivity index (χ2v) is 7.64. The van der Waals surface area contributed by atoms with E-state index in [0.717, 1.165) is 32.5 Å². The molecule has 3 nitrogen and oxygen atoms in total. The minimum Gasteiger partial charge on any atom is -0.382 e. The van der Waals surface area contributed by atoms with Crippen molar-refractivity contribution in [1.29, 1.82) is 0 Å². The second-order valence-electron chi connectivity index (χ2n) is 7.11. The van der Waals surface area contributed by atoms with E-state index in [0.29, 0.717) is 17.7 Å². The van der Waals surface area contributed by atoms with Gasteiger partial charge in [0.1, 0.15) is 5.82 Å². The van der Waals surface area contributed by atoms with Crippen LogP contribution in [0.25, 0.3) is 0 Å². The third-order valence-corrected chi connectivity index (χ3v) is 5.59. The SMILES string of the molecule is CCC(Cl)C(=O)c1cc(F)ccc1NC1CCN(Cc2ccccc2)CC1. The molecule has 0 amide bonds. The van der Waals surface area contributed by atoms with E-state index in [1.165, 1.54) is 17.7 Å².